The van der Waals surface area contributed by atoms with E-state index in [-0.39, 0.29) is 5.91 Å². The van der Waals surface area contributed by atoms with Crippen molar-refractivity contribution in [3.8, 4) is 5.75 Å². The van der Waals surface area contributed by atoms with Crippen molar-refractivity contribution in [1.29, 1.82) is 0 Å². The number of benzene rings is 1. The molecular formula is C16H20N2O2. The van der Waals surface area contributed by atoms with Gasteiger partial charge in [-0.2, -0.15) is 0 Å². The van der Waals surface area contributed by atoms with Crippen molar-refractivity contribution < 1.29 is 9.53 Å². The van der Waals surface area contributed by atoms with Crippen LogP contribution in [0.4, 0.5) is 0 Å². The summed E-state index contributed by atoms with van der Waals surface area (Å²) in [7, 11) is 0. The van der Waals surface area contributed by atoms with Gasteiger partial charge in [-0.25, -0.2) is 4.99 Å². The molecule has 20 heavy (non-hydrogen) atoms. The summed E-state index contributed by atoms with van der Waals surface area (Å²) < 4.78 is 6.12. The van der Waals surface area contributed by atoms with Crippen molar-refractivity contribution in [3.05, 3.63) is 29.8 Å². The molecule has 0 saturated carbocycles. The minimum absolute atomic E-state index is 0.168. The van der Waals surface area contributed by atoms with Crippen LogP contribution in [0, 0.1) is 0 Å². The number of hydrogen-bond donors (Lipinski definition) is 0. The topological polar surface area (TPSA) is 41.9 Å². The zero-order chi connectivity index (χ0) is 14.2. The quantitative estimate of drug-likeness (QED) is 0.830. The molecule has 2 heterocycles. The highest BCUT2D eigenvalue weighted by Crippen LogP contribution is 2.35. The average molecular weight is 272 g/mol. The molecule has 2 aliphatic heterocycles. The molecule has 106 valence electrons. The van der Waals surface area contributed by atoms with Crippen LogP contribution in [0.2, 0.25) is 0 Å². The van der Waals surface area contributed by atoms with E-state index in [1.807, 2.05) is 29.2 Å². The Bertz CT molecular complexity index is 561. The van der Waals surface area contributed by atoms with Gasteiger partial charge in [-0.1, -0.05) is 26.0 Å². The number of ether oxygens (including phenoxy) is 1. The van der Waals surface area contributed by atoms with Crippen molar-refractivity contribution in [2.45, 2.75) is 45.3 Å². The zero-order valence-electron chi connectivity index (χ0n) is 12.1. The largest absolute Gasteiger partial charge is 0.465 e. The minimum Gasteiger partial charge on any atom is -0.465 e. The Morgan fingerprint density at radius 1 is 1.30 bits per heavy atom. The number of likely N-dealkylation sites (tertiary alicyclic amines) is 1. The van der Waals surface area contributed by atoms with Crippen LogP contribution >= 0.6 is 0 Å². The summed E-state index contributed by atoms with van der Waals surface area (Å²) in [4.78, 5) is 18.7. The first kappa shape index (κ1) is 13.2. The molecule has 0 N–H and O–H groups in total. The first-order valence-electron chi connectivity index (χ1n) is 7.38. The molecular weight excluding hydrogens is 252 g/mol. The van der Waals surface area contributed by atoms with E-state index in [4.69, 9.17) is 9.73 Å². The Morgan fingerprint density at radius 2 is 2.05 bits per heavy atom. The maximum atomic E-state index is 12.1. The molecule has 0 bridgehead atoms. The van der Waals surface area contributed by atoms with Crippen LogP contribution in [0.3, 0.4) is 0 Å². The smallest absolute Gasteiger partial charge is 0.228 e. The van der Waals surface area contributed by atoms with Crippen LogP contribution in [0.15, 0.2) is 29.3 Å². The molecule has 0 aliphatic carbocycles. The third kappa shape index (κ3) is 1.99. The van der Waals surface area contributed by atoms with Gasteiger partial charge >= 0.3 is 0 Å². The van der Waals surface area contributed by atoms with Crippen molar-refractivity contribution in [1.82, 2.24) is 4.90 Å². The number of rotatable bonds is 2. The molecule has 1 aromatic rings. The van der Waals surface area contributed by atoms with E-state index in [1.54, 1.807) is 0 Å². The van der Waals surface area contributed by atoms with Gasteiger partial charge in [0.25, 0.3) is 0 Å². The molecule has 0 aromatic heterocycles. The number of para-hydroxylation sites is 1. The normalized spacial score (nSPS) is 20.4. The van der Waals surface area contributed by atoms with E-state index in [9.17, 15) is 4.79 Å². The second kappa shape index (κ2) is 4.93. The van der Waals surface area contributed by atoms with E-state index in [1.165, 1.54) is 0 Å². The first-order valence-corrected chi connectivity index (χ1v) is 7.38. The fourth-order valence-corrected chi connectivity index (χ4v) is 2.85. The number of hydrogen-bond acceptors (Lipinski definition) is 3. The van der Waals surface area contributed by atoms with Crippen LogP contribution in [-0.4, -0.2) is 28.9 Å². The maximum absolute atomic E-state index is 12.1. The first-order chi connectivity index (χ1) is 9.69. The van der Waals surface area contributed by atoms with Gasteiger partial charge in [-0.15, -0.1) is 0 Å². The summed E-state index contributed by atoms with van der Waals surface area (Å²) in [6.45, 7) is 4.91. The van der Waals surface area contributed by atoms with Gasteiger partial charge in [-0.3, -0.25) is 9.69 Å². The van der Waals surface area contributed by atoms with Gasteiger partial charge in [0.2, 0.25) is 11.6 Å². The van der Waals surface area contributed by atoms with Crippen LogP contribution in [-0.2, 0) is 4.79 Å². The van der Waals surface area contributed by atoms with E-state index in [2.05, 4.69) is 13.8 Å². The maximum Gasteiger partial charge on any atom is 0.228 e. The van der Waals surface area contributed by atoms with Crippen molar-refractivity contribution in [2.24, 2.45) is 4.99 Å². The highest BCUT2D eigenvalue weighted by atomic mass is 16.5. The molecule has 1 fully saturated rings. The molecule has 2 aliphatic rings. The van der Waals surface area contributed by atoms with E-state index in [0.717, 1.165) is 43.0 Å². The number of carbonyl (C=O) groups is 1. The molecule has 3 rings (SSSR count). The third-order valence-corrected chi connectivity index (χ3v) is 4.17. The summed E-state index contributed by atoms with van der Waals surface area (Å²) in [6, 6.07) is 7.87. The molecule has 1 saturated heterocycles. The lowest BCUT2D eigenvalue weighted by atomic mass is 10.0. The Morgan fingerprint density at radius 3 is 2.70 bits per heavy atom. The lowest BCUT2D eigenvalue weighted by Gasteiger charge is -2.36. The number of amides is 1. The summed E-state index contributed by atoms with van der Waals surface area (Å²) >= 11 is 0. The lowest BCUT2D eigenvalue weighted by molar-refractivity contribution is -0.124. The number of carbonyl (C=O) groups excluding carboxylic acids is 1. The van der Waals surface area contributed by atoms with Crippen molar-refractivity contribution >= 4 is 11.7 Å². The highest BCUT2D eigenvalue weighted by Gasteiger charge is 2.37. The molecule has 0 radical (unpaired) electrons. The number of aliphatic imine (C=N–C) groups is 1. The second-order valence-corrected chi connectivity index (χ2v) is 5.34. The molecule has 0 unspecified atom stereocenters. The standard InChI is InChI=1S/C16H20N2O2/c1-3-16(4-2)17-15(18-11-7-10-14(18)19)12-8-5-6-9-13(12)20-16/h5-6,8-9H,3-4,7,10-11H2,1-2H3. The fourth-order valence-electron chi connectivity index (χ4n) is 2.85. The minimum atomic E-state index is -0.535. The van der Waals surface area contributed by atoms with Crippen LogP contribution in [0.5, 0.6) is 5.75 Å². The van der Waals surface area contributed by atoms with Gasteiger partial charge in [0.1, 0.15) is 11.6 Å². The average Bonchev–Trinajstić information content (AvgIpc) is 2.92. The van der Waals surface area contributed by atoms with Gasteiger partial charge < -0.3 is 4.74 Å². The second-order valence-electron chi connectivity index (χ2n) is 5.34. The van der Waals surface area contributed by atoms with Gasteiger partial charge in [0.15, 0.2) is 0 Å². The van der Waals surface area contributed by atoms with Gasteiger partial charge in [0.05, 0.1) is 5.56 Å². The fraction of sp³-hybridized carbons (Fsp3) is 0.500. The SMILES string of the molecule is CCC1(CC)N=C(N2CCCC2=O)c2ccccc2O1. The molecule has 0 atom stereocenters. The molecule has 1 aromatic carbocycles. The van der Waals surface area contributed by atoms with E-state index >= 15 is 0 Å². The molecule has 0 spiro atoms. The summed E-state index contributed by atoms with van der Waals surface area (Å²) in [5.74, 6) is 1.79. The van der Waals surface area contributed by atoms with Crippen molar-refractivity contribution in [2.75, 3.05) is 6.54 Å². The molecule has 1 amide bonds. The van der Waals surface area contributed by atoms with Gasteiger partial charge in [-0.05, 0) is 18.6 Å². The lowest BCUT2D eigenvalue weighted by Crippen LogP contribution is -2.43. The third-order valence-electron chi connectivity index (χ3n) is 4.17. The predicted octanol–water partition coefficient (Wildman–Crippen LogP) is 2.96. The summed E-state index contributed by atoms with van der Waals surface area (Å²) in [5, 5.41) is 0. The Hall–Kier alpha value is -1.84. The summed E-state index contributed by atoms with van der Waals surface area (Å²) in [6.07, 6.45) is 3.12. The molecule has 4 heteroatoms. The van der Waals surface area contributed by atoms with E-state index < -0.39 is 5.72 Å². The van der Waals surface area contributed by atoms with E-state index in [0.29, 0.717) is 6.42 Å². The highest BCUT2D eigenvalue weighted by molar-refractivity contribution is 6.10. The van der Waals surface area contributed by atoms with Crippen molar-refractivity contribution in [3.63, 3.8) is 0 Å². The van der Waals surface area contributed by atoms with Gasteiger partial charge in [0, 0.05) is 25.8 Å². The zero-order valence-corrected chi connectivity index (χ0v) is 12.1. The number of amidine groups is 1. The summed E-state index contributed by atoms with van der Waals surface area (Å²) in [5.41, 5.74) is 0.396. The Labute approximate surface area is 119 Å². The number of fused-ring (bicyclic) bond motifs is 1. The van der Waals surface area contributed by atoms with Crippen LogP contribution in [0.1, 0.15) is 45.1 Å². The van der Waals surface area contributed by atoms with Crippen LogP contribution in [0.25, 0.3) is 0 Å². The molecule has 4 nitrogen and oxygen atoms in total. The number of nitrogens with zero attached hydrogens (tertiary/aromatic N) is 2. The monoisotopic (exact) mass is 272 g/mol. The Kier molecular flexibility index (Phi) is 3.24. The predicted molar refractivity (Wildman–Crippen MR) is 77.9 cm³/mol. The van der Waals surface area contributed by atoms with Crippen LogP contribution < -0.4 is 4.74 Å². The Balaban J connectivity index is 2.11.